The first-order valence-corrected chi connectivity index (χ1v) is 10.1. The summed E-state index contributed by atoms with van der Waals surface area (Å²) in [5.74, 6) is 0.0868. The lowest BCUT2D eigenvalue weighted by atomic mass is 10.2. The van der Waals surface area contributed by atoms with Crippen LogP contribution in [0.4, 0.5) is 5.13 Å². The second kappa shape index (κ2) is 7.52. The second-order valence-electron chi connectivity index (χ2n) is 5.20. The van der Waals surface area contributed by atoms with Gasteiger partial charge in [0.05, 0.1) is 23.0 Å². The fraction of sp³-hybridized carbons (Fsp3) is 0.0625. The van der Waals surface area contributed by atoms with Gasteiger partial charge in [0.25, 0.3) is 0 Å². The zero-order valence-corrected chi connectivity index (χ0v) is 16.4. The summed E-state index contributed by atoms with van der Waals surface area (Å²) in [5.41, 5.74) is 2.48. The summed E-state index contributed by atoms with van der Waals surface area (Å²) < 4.78 is 0.986. The molecule has 0 aliphatic rings. The van der Waals surface area contributed by atoms with Crippen LogP contribution in [0.1, 0.15) is 0 Å². The molecule has 26 heavy (non-hydrogen) atoms. The number of aromatic nitrogens is 5. The van der Waals surface area contributed by atoms with E-state index in [1.165, 1.54) is 29.4 Å². The Hall–Kier alpha value is -2.30. The maximum Gasteiger partial charge on any atom is 0.236 e. The minimum absolute atomic E-state index is 0.139. The van der Waals surface area contributed by atoms with Crippen LogP contribution in [0.15, 0.2) is 51.7 Å². The molecule has 1 aromatic carbocycles. The third-order valence-corrected chi connectivity index (χ3v) is 5.68. The minimum atomic E-state index is -0.139. The van der Waals surface area contributed by atoms with Crippen molar-refractivity contribution in [2.75, 3.05) is 11.1 Å². The van der Waals surface area contributed by atoms with E-state index in [2.05, 4.69) is 46.4 Å². The van der Waals surface area contributed by atoms with Crippen LogP contribution in [0.3, 0.4) is 0 Å². The molecule has 0 atom stereocenters. The van der Waals surface area contributed by atoms with Crippen molar-refractivity contribution < 1.29 is 4.79 Å². The monoisotopic (exact) mass is 446 g/mol. The first-order chi connectivity index (χ1) is 12.7. The Morgan fingerprint density at radius 3 is 3.15 bits per heavy atom. The first kappa shape index (κ1) is 17.1. The van der Waals surface area contributed by atoms with Gasteiger partial charge in [0, 0.05) is 15.4 Å². The fourth-order valence-corrected chi connectivity index (χ4v) is 4.16. The molecule has 2 N–H and O–H groups in total. The van der Waals surface area contributed by atoms with Crippen LogP contribution >= 0.6 is 39.0 Å². The number of amides is 1. The van der Waals surface area contributed by atoms with E-state index < -0.39 is 0 Å². The third-order valence-electron chi connectivity index (χ3n) is 3.42. The topological polar surface area (TPSA) is 96.5 Å². The Balaban J connectivity index is 1.40. The molecular formula is C16H11BrN6OS2. The highest BCUT2D eigenvalue weighted by atomic mass is 79.9. The van der Waals surface area contributed by atoms with E-state index in [-0.39, 0.29) is 11.7 Å². The number of thiazole rings is 1. The Bertz CT molecular complexity index is 1080. The normalized spacial score (nSPS) is 11.0. The molecule has 3 heterocycles. The number of nitrogens with one attached hydrogen (secondary N) is 2. The first-order valence-electron chi connectivity index (χ1n) is 7.47. The van der Waals surface area contributed by atoms with Gasteiger partial charge in [-0.25, -0.2) is 15.0 Å². The molecule has 0 saturated heterocycles. The Morgan fingerprint density at radius 2 is 2.27 bits per heavy atom. The zero-order chi connectivity index (χ0) is 17.9. The number of carbonyl (C=O) groups is 1. The van der Waals surface area contributed by atoms with Crippen molar-refractivity contribution in [1.82, 2.24) is 25.1 Å². The average molecular weight is 447 g/mol. The molecule has 0 unspecified atom stereocenters. The number of fused-ring (bicyclic) bond motifs is 1. The van der Waals surface area contributed by atoms with Crippen molar-refractivity contribution in [2.45, 2.75) is 5.03 Å². The molecule has 0 spiro atoms. The molecule has 0 aliphatic carbocycles. The summed E-state index contributed by atoms with van der Waals surface area (Å²) in [4.78, 5) is 25.0. The van der Waals surface area contributed by atoms with Gasteiger partial charge in [0.1, 0.15) is 11.4 Å². The van der Waals surface area contributed by atoms with E-state index in [0.717, 1.165) is 21.1 Å². The lowest BCUT2D eigenvalue weighted by molar-refractivity contribution is -0.113. The number of hydrogen-bond donors (Lipinski definition) is 2. The van der Waals surface area contributed by atoms with Crippen LogP contribution in [0, 0.1) is 0 Å². The number of carbonyl (C=O) groups excluding carboxylic acids is 1. The van der Waals surface area contributed by atoms with Crippen LogP contribution in [-0.4, -0.2) is 36.8 Å². The molecule has 10 heteroatoms. The number of anilines is 1. The Labute approximate surface area is 164 Å². The number of rotatable bonds is 5. The smallest absolute Gasteiger partial charge is 0.236 e. The molecule has 0 saturated carbocycles. The van der Waals surface area contributed by atoms with Gasteiger partial charge >= 0.3 is 0 Å². The highest BCUT2D eigenvalue weighted by Gasteiger charge is 2.11. The van der Waals surface area contributed by atoms with Crippen LogP contribution in [0.5, 0.6) is 0 Å². The minimum Gasteiger partial charge on any atom is -0.301 e. The van der Waals surface area contributed by atoms with E-state index in [0.29, 0.717) is 15.8 Å². The number of hydrogen-bond acceptors (Lipinski definition) is 7. The van der Waals surface area contributed by atoms with Crippen molar-refractivity contribution in [1.29, 1.82) is 0 Å². The van der Waals surface area contributed by atoms with E-state index in [4.69, 9.17) is 0 Å². The van der Waals surface area contributed by atoms with Crippen LogP contribution in [0.25, 0.3) is 22.3 Å². The fourth-order valence-electron chi connectivity index (χ4n) is 2.26. The molecule has 0 fully saturated rings. The van der Waals surface area contributed by atoms with Crippen molar-refractivity contribution in [3.8, 4) is 11.3 Å². The van der Waals surface area contributed by atoms with Gasteiger partial charge in [-0.05, 0) is 12.1 Å². The molecule has 4 aromatic rings. The predicted molar refractivity (Wildman–Crippen MR) is 106 cm³/mol. The van der Waals surface area contributed by atoms with Gasteiger partial charge in [-0.2, -0.15) is 5.10 Å². The number of nitrogens with zero attached hydrogens (tertiary/aromatic N) is 4. The highest BCUT2D eigenvalue weighted by molar-refractivity contribution is 9.10. The molecule has 7 nitrogen and oxygen atoms in total. The second-order valence-corrected chi connectivity index (χ2v) is 7.93. The summed E-state index contributed by atoms with van der Waals surface area (Å²) in [5, 5.41) is 13.6. The summed E-state index contributed by atoms with van der Waals surface area (Å²) in [6.45, 7) is 0. The molecule has 3 aromatic heterocycles. The van der Waals surface area contributed by atoms with E-state index in [1.807, 2.05) is 29.6 Å². The molecule has 130 valence electrons. The Morgan fingerprint density at radius 1 is 1.35 bits per heavy atom. The third kappa shape index (κ3) is 3.76. The van der Waals surface area contributed by atoms with Crippen LogP contribution in [0.2, 0.25) is 0 Å². The molecule has 0 aliphatic heterocycles. The van der Waals surface area contributed by atoms with E-state index >= 15 is 0 Å². The number of H-pyrrole nitrogens is 1. The number of thioether (sulfide) groups is 1. The summed E-state index contributed by atoms with van der Waals surface area (Å²) in [6.07, 6.45) is 3.10. The average Bonchev–Trinajstić information content (AvgIpc) is 3.29. The number of benzene rings is 1. The molecule has 4 rings (SSSR count). The van der Waals surface area contributed by atoms with E-state index in [9.17, 15) is 4.79 Å². The van der Waals surface area contributed by atoms with Crippen molar-refractivity contribution in [3.63, 3.8) is 0 Å². The van der Waals surface area contributed by atoms with Gasteiger partial charge in [-0.15, -0.1) is 11.3 Å². The standard InChI is InChI=1S/C16H11BrN6OS2/c17-10-3-1-2-9(4-10)12-6-26-16(21-12)22-13(24)7-25-15-11-5-20-23-14(11)18-8-19-15/h1-6,8H,7H2,(H,21,22,24)(H,18,19,20,23). The van der Waals surface area contributed by atoms with Crippen molar-refractivity contribution in [2.24, 2.45) is 0 Å². The van der Waals surface area contributed by atoms with Gasteiger partial charge in [-0.1, -0.05) is 39.8 Å². The van der Waals surface area contributed by atoms with E-state index in [1.54, 1.807) is 6.20 Å². The van der Waals surface area contributed by atoms with Gasteiger partial charge in [0.2, 0.25) is 5.91 Å². The molecule has 1 amide bonds. The summed E-state index contributed by atoms with van der Waals surface area (Å²) >= 11 is 6.18. The number of halogens is 1. The van der Waals surface area contributed by atoms with Crippen molar-refractivity contribution >= 4 is 61.1 Å². The lowest BCUT2D eigenvalue weighted by Crippen LogP contribution is -2.14. The zero-order valence-electron chi connectivity index (χ0n) is 13.1. The summed E-state index contributed by atoms with van der Waals surface area (Å²) in [7, 11) is 0. The molecule has 0 bridgehead atoms. The van der Waals surface area contributed by atoms with Crippen LogP contribution < -0.4 is 5.32 Å². The SMILES string of the molecule is O=C(CSc1ncnc2[nH]ncc12)Nc1nc(-c2cccc(Br)c2)cs1. The molecular weight excluding hydrogens is 436 g/mol. The maximum atomic E-state index is 12.2. The maximum absolute atomic E-state index is 12.2. The van der Waals surface area contributed by atoms with Gasteiger partial charge in [-0.3, -0.25) is 9.89 Å². The highest BCUT2D eigenvalue weighted by Crippen LogP contribution is 2.27. The van der Waals surface area contributed by atoms with Gasteiger partial charge in [0.15, 0.2) is 10.8 Å². The quantitative estimate of drug-likeness (QED) is 0.355. The largest absolute Gasteiger partial charge is 0.301 e. The lowest BCUT2D eigenvalue weighted by Gasteiger charge is -2.02. The summed E-state index contributed by atoms with van der Waals surface area (Å²) in [6, 6.07) is 7.88. The van der Waals surface area contributed by atoms with Crippen molar-refractivity contribution in [3.05, 3.63) is 46.6 Å². The van der Waals surface area contributed by atoms with Crippen LogP contribution in [-0.2, 0) is 4.79 Å². The molecule has 0 radical (unpaired) electrons. The predicted octanol–water partition coefficient (Wildman–Crippen LogP) is 3.97. The number of aromatic amines is 1. The Kier molecular flexibility index (Phi) is 4.96. The van der Waals surface area contributed by atoms with Gasteiger partial charge < -0.3 is 5.32 Å².